The van der Waals surface area contributed by atoms with Gasteiger partial charge in [0.15, 0.2) is 0 Å². The molecule has 0 spiro atoms. The zero-order chi connectivity index (χ0) is 33.5. The molecule has 1 aromatic heterocycles. The maximum absolute atomic E-state index is 14.4. The zero-order valence-corrected chi connectivity index (χ0v) is 28.6. The number of hydrogen-bond donors (Lipinski definition) is 2. The van der Waals surface area contributed by atoms with E-state index in [9.17, 15) is 9.59 Å². The minimum absolute atomic E-state index is 0.00283. The van der Waals surface area contributed by atoms with Gasteiger partial charge in [0.1, 0.15) is 12.4 Å². The summed E-state index contributed by atoms with van der Waals surface area (Å²) in [7, 11) is 1.72. The van der Waals surface area contributed by atoms with Crippen molar-refractivity contribution in [1.29, 1.82) is 0 Å². The van der Waals surface area contributed by atoms with Gasteiger partial charge in [-0.15, -0.1) is 0 Å². The fourth-order valence-electron chi connectivity index (χ4n) is 7.60. The Labute approximate surface area is 285 Å². The van der Waals surface area contributed by atoms with Gasteiger partial charge in [-0.05, 0) is 124 Å². The van der Waals surface area contributed by atoms with Crippen LogP contribution in [0.15, 0.2) is 54.9 Å². The lowest BCUT2D eigenvalue weighted by atomic mass is 9.78. The Morgan fingerprint density at radius 1 is 0.979 bits per heavy atom. The number of amides is 2. The molecule has 3 saturated carbocycles. The average Bonchev–Trinajstić information content (AvgIpc) is 3.85. The van der Waals surface area contributed by atoms with E-state index in [0.717, 1.165) is 80.5 Å². The van der Waals surface area contributed by atoms with Crippen LogP contribution in [-0.4, -0.2) is 66.2 Å². The highest BCUT2D eigenvalue weighted by Crippen LogP contribution is 2.39. The Hall–Kier alpha value is -3.69. The Balaban J connectivity index is 1.12. The van der Waals surface area contributed by atoms with Gasteiger partial charge in [-0.2, -0.15) is 5.10 Å². The van der Waals surface area contributed by atoms with E-state index >= 15 is 0 Å². The second-order valence-corrected chi connectivity index (χ2v) is 14.1. The Kier molecular flexibility index (Phi) is 11.5. The van der Waals surface area contributed by atoms with Gasteiger partial charge in [-0.3, -0.25) is 14.3 Å². The first-order valence-corrected chi connectivity index (χ1v) is 18.0. The summed E-state index contributed by atoms with van der Waals surface area (Å²) in [6.07, 6.45) is 14.5. The summed E-state index contributed by atoms with van der Waals surface area (Å²) in [5.41, 5.74) is 5.70. The molecular formula is C39H52N4O5. The number of nitrogens with zero attached hydrogens (tertiary/aromatic N) is 3. The van der Waals surface area contributed by atoms with Gasteiger partial charge < -0.3 is 24.8 Å². The summed E-state index contributed by atoms with van der Waals surface area (Å²) in [6, 6.07) is 15.6. The third-order valence-electron chi connectivity index (χ3n) is 10.6. The molecule has 258 valence electrons. The quantitative estimate of drug-likeness (QED) is 0.190. The number of aromatic nitrogens is 2. The molecule has 0 bridgehead atoms. The van der Waals surface area contributed by atoms with Gasteiger partial charge in [0.2, 0.25) is 11.8 Å². The SMILES string of the molecule is COc1ccc([C@H]2CC[C@H](CN(c3cccc(-c4cnn(C5CC5)c4)c3)C(=O)[C@H]3CC[C@H](NC(=O)COCCCO)CC3)CC2)cc1C. The molecule has 6 rings (SSSR count). The molecule has 0 aliphatic heterocycles. The van der Waals surface area contributed by atoms with Crippen LogP contribution in [0.1, 0.15) is 93.7 Å². The highest BCUT2D eigenvalue weighted by molar-refractivity contribution is 5.95. The summed E-state index contributed by atoms with van der Waals surface area (Å²) in [4.78, 5) is 28.9. The van der Waals surface area contributed by atoms with Crippen molar-refractivity contribution in [3.8, 4) is 16.9 Å². The molecule has 2 aromatic carbocycles. The predicted molar refractivity (Wildman–Crippen MR) is 187 cm³/mol. The number of nitrogens with one attached hydrogen (secondary N) is 1. The smallest absolute Gasteiger partial charge is 0.246 e. The highest BCUT2D eigenvalue weighted by Gasteiger charge is 2.33. The van der Waals surface area contributed by atoms with Crippen molar-refractivity contribution in [2.75, 3.05) is 38.4 Å². The Morgan fingerprint density at radius 3 is 2.48 bits per heavy atom. The fraction of sp³-hybridized carbons (Fsp3) is 0.564. The third kappa shape index (κ3) is 8.66. The molecule has 9 heteroatoms. The molecule has 0 unspecified atom stereocenters. The van der Waals surface area contributed by atoms with Gasteiger partial charge in [0.25, 0.3) is 0 Å². The van der Waals surface area contributed by atoms with Gasteiger partial charge in [-0.1, -0.05) is 24.3 Å². The summed E-state index contributed by atoms with van der Waals surface area (Å²) in [5.74, 6) is 1.90. The lowest BCUT2D eigenvalue weighted by molar-refractivity contribution is -0.127. The standard InChI is InChI=1S/C39H52N4O5/c1-27-21-32(13-18-37(27)47-2)29-9-7-28(8-10-29)24-42(36-6-3-5-31(22-36)33-23-40-43(25-33)35-16-17-35)39(46)30-11-14-34(15-12-30)41-38(45)26-48-20-4-19-44/h3,5-6,13,18,21-23,25,28-30,34-35,44H,4,7-12,14-17,19-20,24,26H2,1-2H3,(H,41,45)/t28-,29-,30-,34-. The third-order valence-corrected chi connectivity index (χ3v) is 10.6. The van der Waals surface area contributed by atoms with Crippen LogP contribution in [0.3, 0.4) is 0 Å². The van der Waals surface area contributed by atoms with Gasteiger partial charge >= 0.3 is 0 Å². The van der Waals surface area contributed by atoms with Crippen LogP contribution in [0.25, 0.3) is 11.1 Å². The summed E-state index contributed by atoms with van der Waals surface area (Å²) < 4.78 is 12.9. The van der Waals surface area contributed by atoms with Crippen LogP contribution >= 0.6 is 0 Å². The van der Waals surface area contributed by atoms with E-state index in [2.05, 4.69) is 75.6 Å². The van der Waals surface area contributed by atoms with E-state index in [1.165, 1.54) is 24.0 Å². The molecule has 0 radical (unpaired) electrons. The van der Waals surface area contributed by atoms with Crippen LogP contribution in [-0.2, 0) is 14.3 Å². The predicted octanol–water partition coefficient (Wildman–Crippen LogP) is 6.58. The van der Waals surface area contributed by atoms with Crippen molar-refractivity contribution in [2.24, 2.45) is 11.8 Å². The molecule has 0 atom stereocenters. The van der Waals surface area contributed by atoms with Crippen molar-refractivity contribution in [2.45, 2.75) is 95.6 Å². The summed E-state index contributed by atoms with van der Waals surface area (Å²) in [6.45, 7) is 3.26. The van der Waals surface area contributed by atoms with Gasteiger partial charge in [0.05, 0.1) is 19.3 Å². The van der Waals surface area contributed by atoms with E-state index in [-0.39, 0.29) is 37.0 Å². The largest absolute Gasteiger partial charge is 0.496 e. The van der Waals surface area contributed by atoms with Crippen LogP contribution in [0, 0.1) is 18.8 Å². The minimum atomic E-state index is -0.133. The number of rotatable bonds is 14. The number of methoxy groups -OCH3 is 1. The normalized spacial score (nSPS) is 22.6. The van der Waals surface area contributed by atoms with Crippen LogP contribution in [0.4, 0.5) is 5.69 Å². The summed E-state index contributed by atoms with van der Waals surface area (Å²) >= 11 is 0. The molecule has 2 N–H and O–H groups in total. The fourth-order valence-corrected chi connectivity index (χ4v) is 7.60. The van der Waals surface area contributed by atoms with Gasteiger partial charge in [0, 0.05) is 49.2 Å². The number of carbonyl (C=O) groups is 2. The number of aliphatic hydroxyl groups excluding tert-OH is 1. The monoisotopic (exact) mass is 656 g/mol. The second kappa shape index (κ2) is 16.1. The van der Waals surface area contributed by atoms with Crippen molar-refractivity contribution in [3.63, 3.8) is 0 Å². The Morgan fingerprint density at radius 2 is 1.77 bits per heavy atom. The number of aryl methyl sites for hydroxylation is 1. The van der Waals surface area contributed by atoms with E-state index in [1.54, 1.807) is 7.11 Å². The van der Waals surface area contributed by atoms with Gasteiger partial charge in [-0.25, -0.2) is 0 Å². The first-order valence-electron chi connectivity index (χ1n) is 18.0. The number of hydrogen-bond acceptors (Lipinski definition) is 6. The molecular weight excluding hydrogens is 604 g/mol. The number of aliphatic hydroxyl groups is 1. The molecule has 0 saturated heterocycles. The number of anilines is 1. The molecule has 2 amide bonds. The molecule has 3 aliphatic rings. The first kappa shape index (κ1) is 34.2. The lowest BCUT2D eigenvalue weighted by Gasteiger charge is -2.36. The van der Waals surface area contributed by atoms with E-state index in [4.69, 9.17) is 14.6 Å². The minimum Gasteiger partial charge on any atom is -0.496 e. The van der Waals surface area contributed by atoms with Crippen LogP contribution in [0.2, 0.25) is 0 Å². The molecule has 1 heterocycles. The average molecular weight is 657 g/mol. The van der Waals surface area contributed by atoms with E-state index in [1.807, 2.05) is 6.20 Å². The van der Waals surface area contributed by atoms with Crippen molar-refractivity contribution in [3.05, 3.63) is 66.0 Å². The summed E-state index contributed by atoms with van der Waals surface area (Å²) in [5, 5.41) is 16.6. The second-order valence-electron chi connectivity index (χ2n) is 14.1. The number of ether oxygens (including phenoxy) is 2. The molecule has 3 aliphatic carbocycles. The Bertz CT molecular complexity index is 1520. The molecule has 3 fully saturated rings. The molecule has 3 aromatic rings. The molecule has 9 nitrogen and oxygen atoms in total. The van der Waals surface area contributed by atoms with Crippen LogP contribution in [0.5, 0.6) is 5.75 Å². The van der Waals surface area contributed by atoms with Crippen molar-refractivity contribution in [1.82, 2.24) is 15.1 Å². The maximum atomic E-state index is 14.4. The van der Waals surface area contributed by atoms with Crippen molar-refractivity contribution < 1.29 is 24.2 Å². The zero-order valence-electron chi connectivity index (χ0n) is 28.6. The number of carbonyl (C=O) groups excluding carboxylic acids is 2. The number of benzene rings is 2. The molecule has 48 heavy (non-hydrogen) atoms. The van der Waals surface area contributed by atoms with Crippen LogP contribution < -0.4 is 15.0 Å². The lowest BCUT2D eigenvalue weighted by Crippen LogP contribution is -2.44. The highest BCUT2D eigenvalue weighted by atomic mass is 16.5. The topological polar surface area (TPSA) is 106 Å². The van der Waals surface area contributed by atoms with E-state index < -0.39 is 0 Å². The maximum Gasteiger partial charge on any atom is 0.246 e. The first-order chi connectivity index (χ1) is 23.4. The van der Waals surface area contributed by atoms with Crippen molar-refractivity contribution >= 4 is 17.5 Å². The van der Waals surface area contributed by atoms with E-state index in [0.29, 0.717) is 30.9 Å².